The molecule has 0 fully saturated rings. The highest BCUT2D eigenvalue weighted by Gasteiger charge is 2.32. The number of nitrogens with one attached hydrogen (secondary N) is 1. The monoisotopic (exact) mass is 260 g/mol. The normalized spacial score (nSPS) is 12.8. The lowest BCUT2D eigenvalue weighted by molar-refractivity contribution is -0.138. The average molecular weight is 260 g/mol. The lowest BCUT2D eigenvalue weighted by Gasteiger charge is -2.24. The minimum absolute atomic E-state index is 0.257. The van der Waals surface area contributed by atoms with Gasteiger partial charge in [-0.05, 0) is 38.4 Å². The third-order valence-corrected chi connectivity index (χ3v) is 2.83. The molecule has 0 aliphatic heterocycles. The molecule has 0 heterocycles. The molecule has 0 saturated heterocycles. The molecule has 1 aromatic carbocycles. The Labute approximate surface area is 105 Å². The second-order valence-electron chi connectivity index (χ2n) is 4.92. The molecule has 5 heteroatoms. The van der Waals surface area contributed by atoms with Crippen molar-refractivity contribution in [1.82, 2.24) is 5.32 Å². The molecule has 1 aromatic rings. The number of rotatable bonds is 5. The predicted octanol–water partition coefficient (Wildman–Crippen LogP) is 2.57. The van der Waals surface area contributed by atoms with Gasteiger partial charge in [0.25, 0.3) is 0 Å². The smallest absolute Gasteiger partial charge is 0.329 e. The average Bonchev–Trinajstić information content (AvgIpc) is 2.28. The maximum absolute atomic E-state index is 12.7. The van der Waals surface area contributed by atoms with E-state index in [2.05, 4.69) is 5.32 Å². The lowest BCUT2D eigenvalue weighted by Crippen LogP contribution is -2.46. The minimum Gasteiger partial charge on any atom is -0.329 e. The van der Waals surface area contributed by atoms with Crippen LogP contribution in [0.15, 0.2) is 24.3 Å². The lowest BCUT2D eigenvalue weighted by atomic mass is 10.0. The molecule has 18 heavy (non-hydrogen) atoms. The summed E-state index contributed by atoms with van der Waals surface area (Å²) in [4.78, 5) is 0. The van der Waals surface area contributed by atoms with Crippen LogP contribution in [0.4, 0.5) is 13.2 Å². The number of nitrogens with two attached hydrogens (primary N) is 1. The first-order chi connectivity index (χ1) is 8.26. The maximum atomic E-state index is 12.7. The first-order valence-electron chi connectivity index (χ1n) is 5.86. The first kappa shape index (κ1) is 15.0. The fourth-order valence-corrected chi connectivity index (χ4v) is 1.62. The van der Waals surface area contributed by atoms with Crippen molar-refractivity contribution in [3.63, 3.8) is 0 Å². The van der Waals surface area contributed by atoms with Gasteiger partial charge in [-0.1, -0.05) is 18.2 Å². The highest BCUT2D eigenvalue weighted by Crippen LogP contribution is 2.31. The van der Waals surface area contributed by atoms with Crippen LogP contribution in [-0.4, -0.2) is 18.6 Å². The molecule has 0 amide bonds. The van der Waals surface area contributed by atoms with E-state index in [9.17, 15) is 13.2 Å². The van der Waals surface area contributed by atoms with Gasteiger partial charge < -0.3 is 11.1 Å². The quantitative estimate of drug-likeness (QED) is 0.854. The van der Waals surface area contributed by atoms with Gasteiger partial charge in [-0.25, -0.2) is 0 Å². The van der Waals surface area contributed by atoms with Crippen LogP contribution in [0.1, 0.15) is 25.0 Å². The Morgan fingerprint density at radius 2 is 1.78 bits per heavy atom. The second-order valence-corrected chi connectivity index (χ2v) is 4.92. The first-order valence-corrected chi connectivity index (χ1v) is 5.86. The molecule has 0 bridgehead atoms. The summed E-state index contributed by atoms with van der Waals surface area (Å²) in [7, 11) is 0. The zero-order valence-corrected chi connectivity index (χ0v) is 10.6. The van der Waals surface area contributed by atoms with Gasteiger partial charge in [0.1, 0.15) is 0 Å². The summed E-state index contributed by atoms with van der Waals surface area (Å²) in [6.07, 6.45) is -3.96. The van der Waals surface area contributed by atoms with Gasteiger partial charge in [0.2, 0.25) is 0 Å². The van der Waals surface area contributed by atoms with E-state index in [1.54, 1.807) is 6.07 Å². The summed E-state index contributed by atoms with van der Waals surface area (Å²) in [5.41, 5.74) is 5.04. The fraction of sp³-hybridized carbons (Fsp3) is 0.538. The Bertz CT molecular complexity index is 386. The van der Waals surface area contributed by atoms with E-state index >= 15 is 0 Å². The number of alkyl halides is 3. The van der Waals surface area contributed by atoms with E-state index in [1.807, 2.05) is 13.8 Å². The molecule has 0 spiro atoms. The molecular weight excluding hydrogens is 241 g/mol. The molecule has 102 valence electrons. The number of hydrogen-bond acceptors (Lipinski definition) is 2. The van der Waals surface area contributed by atoms with Gasteiger partial charge in [-0.3, -0.25) is 0 Å². The number of hydrogen-bond donors (Lipinski definition) is 2. The standard InChI is InChI=1S/C13H19F3N2/c1-12(2,9-17)18-8-7-10-5-3-4-6-11(10)13(14,15)16/h3-6,18H,7-9,17H2,1-2H3. The number of halogens is 3. The summed E-state index contributed by atoms with van der Waals surface area (Å²) in [6.45, 7) is 4.75. The van der Waals surface area contributed by atoms with Gasteiger partial charge >= 0.3 is 6.18 Å². The molecule has 0 saturated carbocycles. The molecule has 0 aromatic heterocycles. The molecule has 0 unspecified atom stereocenters. The van der Waals surface area contributed by atoms with Crippen molar-refractivity contribution >= 4 is 0 Å². The molecule has 0 atom stereocenters. The molecule has 0 radical (unpaired) electrons. The Balaban J connectivity index is 2.69. The SMILES string of the molecule is CC(C)(CN)NCCc1ccccc1C(F)(F)F. The van der Waals surface area contributed by atoms with Gasteiger partial charge in [0.15, 0.2) is 0 Å². The molecular formula is C13H19F3N2. The van der Waals surface area contributed by atoms with Gasteiger partial charge in [-0.2, -0.15) is 13.2 Å². The summed E-state index contributed by atoms with van der Waals surface area (Å²) in [5, 5.41) is 3.14. The summed E-state index contributed by atoms with van der Waals surface area (Å²) >= 11 is 0. The van der Waals surface area contributed by atoms with E-state index in [0.717, 1.165) is 6.07 Å². The topological polar surface area (TPSA) is 38.0 Å². The minimum atomic E-state index is -4.29. The van der Waals surface area contributed by atoms with Crippen LogP contribution in [0.3, 0.4) is 0 Å². The highest BCUT2D eigenvalue weighted by atomic mass is 19.4. The van der Waals surface area contributed by atoms with E-state index in [1.165, 1.54) is 12.1 Å². The highest BCUT2D eigenvalue weighted by molar-refractivity contribution is 5.29. The van der Waals surface area contributed by atoms with Crippen LogP contribution in [0, 0.1) is 0 Å². The summed E-state index contributed by atoms with van der Waals surface area (Å²) < 4.78 is 38.2. The van der Waals surface area contributed by atoms with E-state index in [-0.39, 0.29) is 5.54 Å². The molecule has 0 aliphatic rings. The number of benzene rings is 1. The van der Waals surface area contributed by atoms with E-state index < -0.39 is 11.7 Å². The van der Waals surface area contributed by atoms with E-state index in [0.29, 0.717) is 25.1 Å². The van der Waals surface area contributed by atoms with Crippen LogP contribution in [0.2, 0.25) is 0 Å². The van der Waals surface area contributed by atoms with Crippen molar-refractivity contribution in [3.8, 4) is 0 Å². The Morgan fingerprint density at radius 3 is 2.33 bits per heavy atom. The van der Waals surface area contributed by atoms with Gasteiger partial charge in [0.05, 0.1) is 5.56 Å². The third-order valence-electron chi connectivity index (χ3n) is 2.83. The Hall–Kier alpha value is -1.07. The maximum Gasteiger partial charge on any atom is 0.416 e. The predicted molar refractivity (Wildman–Crippen MR) is 66.3 cm³/mol. The third kappa shape index (κ3) is 4.31. The Morgan fingerprint density at radius 1 is 1.17 bits per heavy atom. The van der Waals surface area contributed by atoms with Crippen molar-refractivity contribution in [2.45, 2.75) is 32.0 Å². The largest absolute Gasteiger partial charge is 0.416 e. The fourth-order valence-electron chi connectivity index (χ4n) is 1.62. The van der Waals surface area contributed by atoms with Crippen LogP contribution in [0.25, 0.3) is 0 Å². The Kier molecular flexibility index (Phi) is 4.76. The van der Waals surface area contributed by atoms with Crippen LogP contribution < -0.4 is 11.1 Å². The van der Waals surface area contributed by atoms with Gasteiger partial charge in [-0.15, -0.1) is 0 Å². The van der Waals surface area contributed by atoms with Crippen molar-refractivity contribution in [2.24, 2.45) is 5.73 Å². The van der Waals surface area contributed by atoms with Crippen LogP contribution >= 0.6 is 0 Å². The molecule has 2 nitrogen and oxygen atoms in total. The van der Waals surface area contributed by atoms with Crippen molar-refractivity contribution in [3.05, 3.63) is 35.4 Å². The van der Waals surface area contributed by atoms with Crippen molar-refractivity contribution in [1.29, 1.82) is 0 Å². The van der Waals surface area contributed by atoms with Crippen LogP contribution in [-0.2, 0) is 12.6 Å². The second kappa shape index (κ2) is 5.71. The summed E-state index contributed by atoms with van der Waals surface area (Å²) in [5.74, 6) is 0. The van der Waals surface area contributed by atoms with E-state index in [4.69, 9.17) is 5.73 Å². The van der Waals surface area contributed by atoms with Crippen molar-refractivity contribution in [2.75, 3.05) is 13.1 Å². The van der Waals surface area contributed by atoms with Crippen molar-refractivity contribution < 1.29 is 13.2 Å². The zero-order chi connectivity index (χ0) is 13.8. The molecule has 1 rings (SSSR count). The summed E-state index contributed by atoms with van der Waals surface area (Å²) in [6, 6.07) is 5.66. The van der Waals surface area contributed by atoms with Gasteiger partial charge in [0, 0.05) is 12.1 Å². The molecule has 3 N–H and O–H groups in total. The van der Waals surface area contributed by atoms with Crippen LogP contribution in [0.5, 0.6) is 0 Å². The molecule has 0 aliphatic carbocycles. The zero-order valence-electron chi connectivity index (χ0n) is 10.6.